The number of esters is 1. The third kappa shape index (κ3) is 3.58. The van der Waals surface area contributed by atoms with Crippen LogP contribution in [0.1, 0.15) is 31.1 Å². The van der Waals surface area contributed by atoms with E-state index in [1.165, 1.54) is 6.20 Å². The minimum Gasteiger partial charge on any atom is -0.456 e. The number of halogens is 1. The van der Waals surface area contributed by atoms with Gasteiger partial charge in [0.05, 0.1) is 11.8 Å². The molecule has 0 saturated heterocycles. The predicted octanol–water partition coefficient (Wildman–Crippen LogP) is 3.95. The number of aromatic nitrogens is 1. The van der Waals surface area contributed by atoms with Crippen molar-refractivity contribution in [3.05, 3.63) is 41.4 Å². The highest BCUT2D eigenvalue weighted by Gasteiger charge is 2.18. The number of benzene rings is 1. The number of hydrogen-bond acceptors (Lipinski definition) is 4. The number of carbonyl (C=O) groups excluding carboxylic acids is 1. The summed E-state index contributed by atoms with van der Waals surface area (Å²) in [5, 5.41) is 0.0673. The lowest BCUT2D eigenvalue weighted by Crippen LogP contribution is -2.23. The van der Waals surface area contributed by atoms with Crippen LogP contribution in [0.5, 0.6) is 0 Å². The summed E-state index contributed by atoms with van der Waals surface area (Å²) in [7, 11) is 0. The standard InChI is InChI=1S/C14H14ClNO3/c1-14(2,3)19-12(17)10-6-4-5-9(7-10)11-8-16-13(15)18-11/h4-8H,1-3H3. The maximum Gasteiger partial charge on any atom is 0.338 e. The summed E-state index contributed by atoms with van der Waals surface area (Å²) in [5.41, 5.74) is 0.658. The first kappa shape index (κ1) is 13.6. The molecule has 0 unspecified atom stereocenters. The van der Waals surface area contributed by atoms with E-state index in [-0.39, 0.29) is 11.3 Å². The van der Waals surface area contributed by atoms with Crippen LogP contribution < -0.4 is 0 Å². The molecule has 0 radical (unpaired) electrons. The molecule has 0 aliphatic heterocycles. The summed E-state index contributed by atoms with van der Waals surface area (Å²) in [4.78, 5) is 15.8. The summed E-state index contributed by atoms with van der Waals surface area (Å²) in [5.74, 6) is 0.135. The summed E-state index contributed by atoms with van der Waals surface area (Å²) in [6.45, 7) is 5.47. The molecule has 0 spiro atoms. The van der Waals surface area contributed by atoms with Crippen LogP contribution in [-0.2, 0) is 4.74 Å². The van der Waals surface area contributed by atoms with Crippen molar-refractivity contribution in [2.75, 3.05) is 0 Å². The van der Waals surface area contributed by atoms with E-state index in [1.54, 1.807) is 18.2 Å². The quantitative estimate of drug-likeness (QED) is 0.781. The van der Waals surface area contributed by atoms with E-state index in [0.29, 0.717) is 11.3 Å². The molecule has 0 atom stereocenters. The lowest BCUT2D eigenvalue weighted by atomic mass is 10.1. The Hall–Kier alpha value is -1.81. The summed E-state index contributed by atoms with van der Waals surface area (Å²) in [6.07, 6.45) is 1.51. The van der Waals surface area contributed by atoms with Gasteiger partial charge in [-0.15, -0.1) is 0 Å². The van der Waals surface area contributed by atoms with Gasteiger partial charge in [-0.25, -0.2) is 9.78 Å². The first-order valence-corrected chi connectivity index (χ1v) is 6.18. The molecule has 0 saturated carbocycles. The first-order chi connectivity index (χ1) is 8.85. The summed E-state index contributed by atoms with van der Waals surface area (Å²) >= 11 is 5.63. The number of oxazole rings is 1. The average Bonchev–Trinajstić information content (AvgIpc) is 2.74. The maximum absolute atomic E-state index is 12.0. The molecule has 0 fully saturated rings. The second-order valence-electron chi connectivity index (χ2n) is 5.06. The molecule has 2 aromatic rings. The lowest BCUT2D eigenvalue weighted by molar-refractivity contribution is 0.00696. The van der Waals surface area contributed by atoms with Gasteiger partial charge < -0.3 is 9.15 Å². The second-order valence-corrected chi connectivity index (χ2v) is 5.38. The van der Waals surface area contributed by atoms with E-state index in [2.05, 4.69) is 4.98 Å². The Balaban J connectivity index is 2.27. The molecule has 100 valence electrons. The van der Waals surface area contributed by atoms with Crippen LogP contribution in [0.25, 0.3) is 11.3 Å². The zero-order valence-electron chi connectivity index (χ0n) is 10.9. The van der Waals surface area contributed by atoms with Gasteiger partial charge in [-0.1, -0.05) is 12.1 Å². The molecular weight excluding hydrogens is 266 g/mol. The molecule has 2 rings (SSSR count). The zero-order valence-corrected chi connectivity index (χ0v) is 11.7. The van der Waals surface area contributed by atoms with Crippen molar-refractivity contribution in [1.82, 2.24) is 4.98 Å². The molecular formula is C14H14ClNO3. The van der Waals surface area contributed by atoms with Crippen molar-refractivity contribution in [3.63, 3.8) is 0 Å². The monoisotopic (exact) mass is 279 g/mol. The van der Waals surface area contributed by atoms with E-state index in [4.69, 9.17) is 20.8 Å². The van der Waals surface area contributed by atoms with E-state index in [9.17, 15) is 4.79 Å². The Morgan fingerprint density at radius 2 is 2.11 bits per heavy atom. The Morgan fingerprint density at radius 3 is 2.68 bits per heavy atom. The smallest absolute Gasteiger partial charge is 0.338 e. The third-order valence-electron chi connectivity index (χ3n) is 2.26. The fourth-order valence-electron chi connectivity index (χ4n) is 1.52. The normalized spacial score (nSPS) is 11.4. The fourth-order valence-corrected chi connectivity index (χ4v) is 1.65. The molecule has 4 nitrogen and oxygen atoms in total. The van der Waals surface area contributed by atoms with Gasteiger partial charge in [0.15, 0.2) is 5.76 Å². The molecule has 0 bridgehead atoms. The van der Waals surface area contributed by atoms with Gasteiger partial charge in [-0.2, -0.15) is 0 Å². The van der Waals surface area contributed by atoms with E-state index >= 15 is 0 Å². The minimum absolute atomic E-state index is 0.0673. The van der Waals surface area contributed by atoms with Crippen LogP contribution in [0.3, 0.4) is 0 Å². The molecule has 0 amide bonds. The first-order valence-electron chi connectivity index (χ1n) is 5.80. The highest BCUT2D eigenvalue weighted by molar-refractivity contribution is 6.27. The van der Waals surface area contributed by atoms with Crippen molar-refractivity contribution >= 4 is 17.6 Å². The van der Waals surface area contributed by atoms with Crippen molar-refractivity contribution in [2.24, 2.45) is 0 Å². The van der Waals surface area contributed by atoms with Crippen LogP contribution in [-0.4, -0.2) is 16.6 Å². The van der Waals surface area contributed by atoms with Gasteiger partial charge >= 0.3 is 5.97 Å². The molecule has 1 heterocycles. The Kier molecular flexibility index (Phi) is 3.62. The van der Waals surface area contributed by atoms with Crippen LogP contribution in [0, 0.1) is 0 Å². The summed E-state index contributed by atoms with van der Waals surface area (Å²) < 4.78 is 10.5. The van der Waals surface area contributed by atoms with Gasteiger partial charge in [-0.05, 0) is 44.5 Å². The van der Waals surface area contributed by atoms with Gasteiger partial charge in [0.1, 0.15) is 5.60 Å². The average molecular weight is 280 g/mol. The second kappa shape index (κ2) is 5.05. The van der Waals surface area contributed by atoms with Crippen LogP contribution in [0.4, 0.5) is 0 Å². The molecule has 19 heavy (non-hydrogen) atoms. The van der Waals surface area contributed by atoms with Crippen molar-refractivity contribution in [1.29, 1.82) is 0 Å². The van der Waals surface area contributed by atoms with Crippen molar-refractivity contribution in [3.8, 4) is 11.3 Å². The van der Waals surface area contributed by atoms with E-state index < -0.39 is 5.60 Å². The topological polar surface area (TPSA) is 52.3 Å². The van der Waals surface area contributed by atoms with E-state index in [0.717, 1.165) is 5.56 Å². The van der Waals surface area contributed by atoms with Crippen molar-refractivity contribution in [2.45, 2.75) is 26.4 Å². The van der Waals surface area contributed by atoms with Crippen LogP contribution in [0.2, 0.25) is 5.35 Å². The fraction of sp³-hybridized carbons (Fsp3) is 0.286. The van der Waals surface area contributed by atoms with E-state index in [1.807, 2.05) is 26.8 Å². The highest BCUT2D eigenvalue weighted by Crippen LogP contribution is 2.24. The predicted molar refractivity (Wildman–Crippen MR) is 72.1 cm³/mol. The lowest BCUT2D eigenvalue weighted by Gasteiger charge is -2.19. The number of nitrogens with zero attached hydrogens (tertiary/aromatic N) is 1. The van der Waals surface area contributed by atoms with Gasteiger partial charge in [0.2, 0.25) is 0 Å². The van der Waals surface area contributed by atoms with Gasteiger partial charge in [0.25, 0.3) is 5.35 Å². The third-order valence-corrected chi connectivity index (χ3v) is 2.43. The molecule has 0 aliphatic rings. The molecule has 0 N–H and O–H groups in total. The SMILES string of the molecule is CC(C)(C)OC(=O)c1cccc(-c2cnc(Cl)o2)c1. The zero-order chi connectivity index (χ0) is 14.0. The Bertz CT molecular complexity index is 599. The number of carbonyl (C=O) groups is 1. The van der Waals surface area contributed by atoms with Crippen LogP contribution in [0.15, 0.2) is 34.9 Å². The largest absolute Gasteiger partial charge is 0.456 e. The Morgan fingerprint density at radius 1 is 1.37 bits per heavy atom. The minimum atomic E-state index is -0.525. The molecule has 5 heteroatoms. The molecule has 1 aromatic heterocycles. The summed E-state index contributed by atoms with van der Waals surface area (Å²) in [6, 6.07) is 6.94. The highest BCUT2D eigenvalue weighted by atomic mass is 35.5. The number of ether oxygens (including phenoxy) is 1. The Labute approximate surface area is 116 Å². The van der Waals surface area contributed by atoms with Crippen molar-refractivity contribution < 1.29 is 13.9 Å². The van der Waals surface area contributed by atoms with Gasteiger partial charge in [-0.3, -0.25) is 0 Å². The number of rotatable bonds is 2. The van der Waals surface area contributed by atoms with Gasteiger partial charge in [0, 0.05) is 5.56 Å². The molecule has 1 aromatic carbocycles. The van der Waals surface area contributed by atoms with Crippen LogP contribution >= 0.6 is 11.6 Å². The molecule has 0 aliphatic carbocycles. The number of hydrogen-bond donors (Lipinski definition) is 0. The maximum atomic E-state index is 12.0.